The Morgan fingerprint density at radius 2 is 1.72 bits per heavy atom. The van der Waals surface area contributed by atoms with E-state index in [4.69, 9.17) is 0 Å². The zero-order valence-electron chi connectivity index (χ0n) is 13.2. The van der Waals surface area contributed by atoms with Crippen LogP contribution in [0.3, 0.4) is 0 Å². The van der Waals surface area contributed by atoms with Gasteiger partial charge in [-0.25, -0.2) is 9.37 Å². The van der Waals surface area contributed by atoms with Crippen LogP contribution >= 0.6 is 0 Å². The van der Waals surface area contributed by atoms with E-state index in [1.807, 2.05) is 47.1 Å². The van der Waals surface area contributed by atoms with Gasteiger partial charge in [-0.3, -0.25) is 4.79 Å². The van der Waals surface area contributed by atoms with Crippen LogP contribution in [-0.2, 0) is 0 Å². The predicted octanol–water partition coefficient (Wildman–Crippen LogP) is 4.39. The number of nitrogens with zero attached hydrogens (tertiary/aromatic N) is 2. The van der Waals surface area contributed by atoms with Crippen molar-refractivity contribution in [2.75, 3.05) is 5.32 Å². The lowest BCUT2D eigenvalue weighted by atomic mass is 10.1. The van der Waals surface area contributed by atoms with Gasteiger partial charge in [-0.1, -0.05) is 30.3 Å². The number of imidazole rings is 1. The van der Waals surface area contributed by atoms with Crippen molar-refractivity contribution in [3.8, 4) is 11.3 Å². The monoisotopic (exact) mass is 331 g/mol. The van der Waals surface area contributed by atoms with Crippen molar-refractivity contribution in [2.24, 2.45) is 0 Å². The van der Waals surface area contributed by atoms with Gasteiger partial charge in [-0.15, -0.1) is 0 Å². The molecule has 0 aliphatic heterocycles. The van der Waals surface area contributed by atoms with E-state index in [1.54, 1.807) is 24.3 Å². The number of halogens is 1. The molecule has 0 radical (unpaired) electrons. The molecule has 5 heteroatoms. The summed E-state index contributed by atoms with van der Waals surface area (Å²) in [6.45, 7) is 0. The van der Waals surface area contributed by atoms with Gasteiger partial charge in [0.05, 0.1) is 11.3 Å². The van der Waals surface area contributed by atoms with E-state index in [2.05, 4.69) is 10.3 Å². The Labute approximate surface area is 143 Å². The third-order valence-corrected chi connectivity index (χ3v) is 3.92. The lowest BCUT2D eigenvalue weighted by molar-refractivity contribution is 0.102. The number of pyridine rings is 1. The molecule has 0 unspecified atom stereocenters. The first-order chi connectivity index (χ1) is 12.2. The van der Waals surface area contributed by atoms with Crippen LogP contribution in [0.25, 0.3) is 16.9 Å². The molecule has 0 spiro atoms. The van der Waals surface area contributed by atoms with E-state index in [0.29, 0.717) is 5.69 Å². The molecule has 1 amide bonds. The highest BCUT2D eigenvalue weighted by Gasteiger charge is 2.11. The molecule has 0 atom stereocenters. The highest BCUT2D eigenvalue weighted by Crippen LogP contribution is 2.21. The molecule has 0 aliphatic rings. The van der Waals surface area contributed by atoms with E-state index in [1.165, 1.54) is 12.1 Å². The fourth-order valence-corrected chi connectivity index (χ4v) is 2.64. The molecule has 4 nitrogen and oxygen atoms in total. The van der Waals surface area contributed by atoms with Crippen molar-refractivity contribution in [1.29, 1.82) is 0 Å². The number of amides is 1. The van der Waals surface area contributed by atoms with E-state index in [0.717, 1.165) is 16.9 Å². The summed E-state index contributed by atoms with van der Waals surface area (Å²) in [5.41, 5.74) is 3.27. The van der Waals surface area contributed by atoms with E-state index in [9.17, 15) is 9.18 Å². The van der Waals surface area contributed by atoms with Crippen molar-refractivity contribution in [3.05, 3.63) is 90.5 Å². The Morgan fingerprint density at radius 1 is 0.960 bits per heavy atom. The Bertz CT molecular complexity index is 1020. The topological polar surface area (TPSA) is 46.4 Å². The molecule has 2 aromatic heterocycles. The first-order valence-corrected chi connectivity index (χ1v) is 7.81. The number of carbonyl (C=O) groups is 1. The van der Waals surface area contributed by atoms with Gasteiger partial charge in [-0.2, -0.15) is 0 Å². The lowest BCUT2D eigenvalue weighted by Gasteiger charge is -2.06. The first-order valence-electron chi connectivity index (χ1n) is 7.81. The molecule has 122 valence electrons. The summed E-state index contributed by atoms with van der Waals surface area (Å²) < 4.78 is 15.6. The van der Waals surface area contributed by atoms with Gasteiger partial charge >= 0.3 is 0 Å². The van der Waals surface area contributed by atoms with Gasteiger partial charge in [0.15, 0.2) is 0 Å². The Hall–Kier alpha value is -3.47. The predicted molar refractivity (Wildman–Crippen MR) is 95.0 cm³/mol. The number of anilines is 1. The second-order valence-electron chi connectivity index (χ2n) is 5.60. The number of carbonyl (C=O) groups excluding carboxylic acids is 1. The van der Waals surface area contributed by atoms with Gasteiger partial charge in [0, 0.05) is 23.6 Å². The molecular weight excluding hydrogens is 317 g/mol. The number of hydrogen-bond acceptors (Lipinski definition) is 2. The standard InChI is InChI=1S/C20H14FN3O/c21-17-6-2-1-5-16(17)20(25)22-15-10-8-14(9-11-15)18-13-24-12-4-3-7-19(24)23-18/h1-13H,(H,22,25). The van der Waals surface area contributed by atoms with Crippen LogP contribution in [0.15, 0.2) is 79.1 Å². The Balaban J connectivity index is 1.56. The first kappa shape index (κ1) is 15.1. The molecule has 2 aromatic carbocycles. The second kappa shape index (κ2) is 6.20. The molecule has 4 rings (SSSR count). The van der Waals surface area contributed by atoms with Crippen LogP contribution in [0.2, 0.25) is 0 Å². The number of benzene rings is 2. The van der Waals surface area contributed by atoms with Crippen LogP contribution < -0.4 is 5.32 Å². The van der Waals surface area contributed by atoms with Gasteiger partial charge in [-0.05, 0) is 36.4 Å². The largest absolute Gasteiger partial charge is 0.322 e. The molecule has 0 fully saturated rings. The molecule has 25 heavy (non-hydrogen) atoms. The molecule has 4 aromatic rings. The molecule has 2 heterocycles. The summed E-state index contributed by atoms with van der Waals surface area (Å²) in [5.74, 6) is -1.01. The Kier molecular flexibility index (Phi) is 3.74. The van der Waals surface area contributed by atoms with Gasteiger partial charge in [0.25, 0.3) is 5.91 Å². The lowest BCUT2D eigenvalue weighted by Crippen LogP contribution is -2.13. The average Bonchev–Trinajstić information content (AvgIpc) is 3.07. The quantitative estimate of drug-likeness (QED) is 0.605. The molecular formula is C20H14FN3O. The second-order valence-corrected chi connectivity index (χ2v) is 5.60. The molecule has 0 aliphatic carbocycles. The number of hydrogen-bond donors (Lipinski definition) is 1. The average molecular weight is 331 g/mol. The van der Waals surface area contributed by atoms with Crippen LogP contribution in [0.1, 0.15) is 10.4 Å². The number of rotatable bonds is 3. The molecule has 0 bridgehead atoms. The fraction of sp³-hybridized carbons (Fsp3) is 0. The van der Waals surface area contributed by atoms with Crippen LogP contribution in [-0.4, -0.2) is 15.3 Å². The Morgan fingerprint density at radius 3 is 2.48 bits per heavy atom. The minimum absolute atomic E-state index is 0.0203. The zero-order valence-corrected chi connectivity index (χ0v) is 13.2. The summed E-state index contributed by atoms with van der Waals surface area (Å²) in [4.78, 5) is 16.7. The maximum Gasteiger partial charge on any atom is 0.258 e. The molecule has 1 N–H and O–H groups in total. The van der Waals surface area contributed by atoms with Crippen LogP contribution in [0, 0.1) is 5.82 Å². The van der Waals surface area contributed by atoms with Crippen molar-refractivity contribution in [3.63, 3.8) is 0 Å². The number of aromatic nitrogens is 2. The van der Waals surface area contributed by atoms with Crippen LogP contribution in [0.4, 0.5) is 10.1 Å². The van der Waals surface area contributed by atoms with Gasteiger partial charge < -0.3 is 9.72 Å². The maximum atomic E-state index is 13.7. The highest BCUT2D eigenvalue weighted by molar-refractivity contribution is 6.04. The van der Waals surface area contributed by atoms with E-state index < -0.39 is 11.7 Å². The number of fused-ring (bicyclic) bond motifs is 1. The van der Waals surface area contributed by atoms with Crippen molar-refractivity contribution < 1.29 is 9.18 Å². The van der Waals surface area contributed by atoms with Crippen molar-refractivity contribution in [1.82, 2.24) is 9.38 Å². The smallest absolute Gasteiger partial charge is 0.258 e. The summed E-state index contributed by atoms with van der Waals surface area (Å²) >= 11 is 0. The zero-order chi connectivity index (χ0) is 17.2. The van der Waals surface area contributed by atoms with Crippen molar-refractivity contribution in [2.45, 2.75) is 0 Å². The summed E-state index contributed by atoms with van der Waals surface area (Å²) in [6.07, 6.45) is 3.89. The van der Waals surface area contributed by atoms with Crippen LogP contribution in [0.5, 0.6) is 0 Å². The molecule has 0 saturated carbocycles. The molecule has 0 saturated heterocycles. The fourth-order valence-electron chi connectivity index (χ4n) is 2.64. The summed E-state index contributed by atoms with van der Waals surface area (Å²) in [6, 6.07) is 19.0. The van der Waals surface area contributed by atoms with E-state index >= 15 is 0 Å². The minimum atomic E-state index is -0.540. The van der Waals surface area contributed by atoms with Gasteiger partial charge in [0.1, 0.15) is 11.5 Å². The summed E-state index contributed by atoms with van der Waals surface area (Å²) in [7, 11) is 0. The number of nitrogens with one attached hydrogen (secondary N) is 1. The van der Waals surface area contributed by atoms with Crippen molar-refractivity contribution >= 4 is 17.2 Å². The maximum absolute atomic E-state index is 13.7. The van der Waals surface area contributed by atoms with E-state index in [-0.39, 0.29) is 5.56 Å². The highest BCUT2D eigenvalue weighted by atomic mass is 19.1. The SMILES string of the molecule is O=C(Nc1ccc(-c2cn3ccccc3n2)cc1)c1ccccc1F. The third-order valence-electron chi connectivity index (χ3n) is 3.92. The summed E-state index contributed by atoms with van der Waals surface area (Å²) in [5, 5.41) is 2.70. The van der Waals surface area contributed by atoms with Gasteiger partial charge in [0.2, 0.25) is 0 Å². The normalized spacial score (nSPS) is 10.8. The third kappa shape index (κ3) is 2.99. The minimum Gasteiger partial charge on any atom is -0.322 e.